The van der Waals surface area contributed by atoms with Gasteiger partial charge >= 0.3 is 0 Å². The van der Waals surface area contributed by atoms with E-state index in [1.807, 2.05) is 79.7 Å². The number of hydrogen-bond donors (Lipinski definition) is 2. The van der Waals surface area contributed by atoms with Crippen LogP contribution in [-0.4, -0.2) is 46.0 Å². The Morgan fingerprint density at radius 3 is 2.26 bits per heavy atom. The average Bonchev–Trinajstić information content (AvgIpc) is 3.34. The lowest BCUT2D eigenvalue weighted by atomic mass is 10.0. The molecule has 0 saturated carbocycles. The van der Waals surface area contributed by atoms with Gasteiger partial charge in [-0.1, -0.05) is 48.5 Å². The number of rotatable bonds is 10. The Morgan fingerprint density at radius 2 is 1.67 bits per heavy atom. The third kappa shape index (κ3) is 6.47. The summed E-state index contributed by atoms with van der Waals surface area (Å²) in [5.74, 6) is -1.19. The average molecular weight is 543 g/mol. The van der Waals surface area contributed by atoms with E-state index >= 15 is 0 Å². The van der Waals surface area contributed by atoms with Gasteiger partial charge in [0, 0.05) is 52.2 Å². The van der Waals surface area contributed by atoms with Crippen molar-refractivity contribution in [3.05, 3.63) is 106 Å². The van der Waals surface area contributed by atoms with E-state index in [-0.39, 0.29) is 41.0 Å². The lowest BCUT2D eigenvalue weighted by Gasteiger charge is -2.31. The zero-order chi connectivity index (χ0) is 27.9. The maximum Gasteiger partial charge on any atom is 0.268 e. The highest BCUT2D eigenvalue weighted by molar-refractivity contribution is 7.09. The fourth-order valence-corrected chi connectivity index (χ4v) is 4.91. The number of carbonyl (C=O) groups excluding carboxylic acids is 3. The number of pyridine rings is 1. The Morgan fingerprint density at radius 1 is 0.974 bits per heavy atom. The number of nitrogen functional groups attached to an aromatic ring is 1. The molecule has 2 aromatic carbocycles. The number of carbonyl (C=O) groups is 3. The Balaban J connectivity index is 1.78. The molecule has 4 rings (SSSR count). The highest BCUT2D eigenvalue weighted by Crippen LogP contribution is 2.31. The number of ketones is 1. The molecule has 1 unspecified atom stereocenters. The van der Waals surface area contributed by atoms with Crippen LogP contribution in [0.2, 0.25) is 0 Å². The lowest BCUT2D eigenvalue weighted by molar-refractivity contribution is -0.126. The summed E-state index contributed by atoms with van der Waals surface area (Å²) >= 11 is 0.851. The van der Waals surface area contributed by atoms with E-state index in [1.165, 1.54) is 11.8 Å². The summed E-state index contributed by atoms with van der Waals surface area (Å²) in [6.45, 7) is 1.72. The van der Waals surface area contributed by atoms with Crippen LogP contribution in [0.5, 0.6) is 0 Å². The van der Waals surface area contributed by atoms with Crippen molar-refractivity contribution < 1.29 is 14.4 Å². The van der Waals surface area contributed by atoms with E-state index < -0.39 is 11.9 Å². The number of amides is 2. The molecule has 2 aromatic heterocycles. The summed E-state index contributed by atoms with van der Waals surface area (Å²) in [6, 6.07) is 19.6. The molecule has 200 valence electrons. The SMILES string of the molecule is CC(=O)c1nsc(C(=O)N(Cc2cccnc2)C(C(=O)NCc2ccccc2)c2ccc(N(C)C)cc2)c1N. The Labute approximate surface area is 231 Å². The first-order valence-corrected chi connectivity index (χ1v) is 13.1. The molecular weight excluding hydrogens is 512 g/mol. The molecule has 0 fully saturated rings. The van der Waals surface area contributed by atoms with Gasteiger partial charge in [-0.15, -0.1) is 0 Å². The van der Waals surface area contributed by atoms with Gasteiger partial charge in [0.25, 0.3) is 5.91 Å². The quantitative estimate of drug-likeness (QED) is 0.290. The van der Waals surface area contributed by atoms with Crippen molar-refractivity contribution in [1.29, 1.82) is 0 Å². The first-order valence-electron chi connectivity index (χ1n) is 12.3. The predicted molar refractivity (Wildman–Crippen MR) is 152 cm³/mol. The topological polar surface area (TPSA) is 122 Å². The molecule has 1 atom stereocenters. The molecule has 0 aliphatic carbocycles. The van der Waals surface area contributed by atoms with E-state index in [2.05, 4.69) is 14.7 Å². The standard InChI is InChI=1S/C29H30N6O3S/c1-19(36)25-24(30)27(39-33-25)29(38)35(18-21-10-7-15-31-16-21)26(22-11-13-23(14-12-22)34(2)3)28(37)32-17-20-8-5-4-6-9-20/h4-16,26H,17-18,30H2,1-3H3,(H,32,37). The molecule has 0 saturated heterocycles. The molecule has 0 aliphatic heterocycles. The van der Waals surface area contributed by atoms with Crippen LogP contribution in [-0.2, 0) is 17.9 Å². The van der Waals surface area contributed by atoms with Crippen LogP contribution in [0, 0.1) is 0 Å². The number of aromatic nitrogens is 2. The van der Waals surface area contributed by atoms with Crippen molar-refractivity contribution in [3.8, 4) is 0 Å². The molecule has 0 aliphatic rings. The normalized spacial score (nSPS) is 11.5. The maximum atomic E-state index is 14.1. The van der Waals surface area contributed by atoms with Crippen molar-refractivity contribution in [2.24, 2.45) is 0 Å². The fraction of sp³-hybridized carbons (Fsp3) is 0.207. The van der Waals surface area contributed by atoms with Gasteiger partial charge in [-0.2, -0.15) is 4.37 Å². The van der Waals surface area contributed by atoms with Gasteiger partial charge in [0.05, 0.1) is 5.69 Å². The molecule has 3 N–H and O–H groups in total. The second-order valence-corrected chi connectivity index (χ2v) is 9.99. The number of anilines is 2. The third-order valence-corrected chi connectivity index (χ3v) is 7.04. The zero-order valence-corrected chi connectivity index (χ0v) is 22.8. The Bertz CT molecular complexity index is 1440. The minimum absolute atomic E-state index is 0.0140. The van der Waals surface area contributed by atoms with Gasteiger partial charge in [0.2, 0.25) is 5.91 Å². The van der Waals surface area contributed by atoms with Crippen LogP contribution in [0.25, 0.3) is 0 Å². The van der Waals surface area contributed by atoms with E-state index in [1.54, 1.807) is 18.5 Å². The molecule has 4 aromatic rings. The van der Waals surface area contributed by atoms with Crippen molar-refractivity contribution in [1.82, 2.24) is 19.6 Å². The number of nitrogens with zero attached hydrogens (tertiary/aromatic N) is 4. The molecule has 0 spiro atoms. The van der Waals surface area contributed by atoms with Gasteiger partial charge in [-0.3, -0.25) is 19.4 Å². The van der Waals surface area contributed by atoms with Crippen molar-refractivity contribution in [2.75, 3.05) is 24.7 Å². The van der Waals surface area contributed by atoms with Gasteiger partial charge in [0.15, 0.2) is 5.78 Å². The van der Waals surface area contributed by atoms with E-state index in [0.717, 1.165) is 28.3 Å². The minimum atomic E-state index is -1.00. The molecular formula is C29H30N6O3S. The smallest absolute Gasteiger partial charge is 0.268 e. The Kier molecular flexibility index (Phi) is 8.67. The first kappa shape index (κ1) is 27.5. The summed E-state index contributed by atoms with van der Waals surface area (Å²) < 4.78 is 4.11. The molecule has 0 radical (unpaired) electrons. The molecule has 2 amide bonds. The van der Waals surface area contributed by atoms with Crippen LogP contribution >= 0.6 is 11.5 Å². The van der Waals surface area contributed by atoms with Crippen LogP contribution in [0.4, 0.5) is 11.4 Å². The lowest BCUT2D eigenvalue weighted by Crippen LogP contribution is -2.43. The highest BCUT2D eigenvalue weighted by Gasteiger charge is 2.35. The highest BCUT2D eigenvalue weighted by atomic mass is 32.1. The first-order chi connectivity index (χ1) is 18.8. The van der Waals surface area contributed by atoms with Gasteiger partial charge in [-0.05, 0) is 46.4 Å². The van der Waals surface area contributed by atoms with Crippen molar-refractivity contribution in [3.63, 3.8) is 0 Å². The molecule has 10 heteroatoms. The minimum Gasteiger partial charge on any atom is -0.395 e. The van der Waals surface area contributed by atoms with E-state index in [0.29, 0.717) is 5.56 Å². The molecule has 39 heavy (non-hydrogen) atoms. The van der Waals surface area contributed by atoms with Crippen molar-refractivity contribution >= 4 is 40.5 Å². The Hall–Kier alpha value is -4.57. The molecule has 2 heterocycles. The van der Waals surface area contributed by atoms with Gasteiger partial charge in [0.1, 0.15) is 16.6 Å². The number of nitrogens with one attached hydrogen (secondary N) is 1. The molecule has 0 bridgehead atoms. The summed E-state index contributed by atoms with van der Waals surface area (Å²) in [6.07, 6.45) is 3.28. The van der Waals surface area contributed by atoms with Crippen molar-refractivity contribution in [2.45, 2.75) is 26.1 Å². The number of nitrogens with two attached hydrogens (primary N) is 1. The van der Waals surface area contributed by atoms with E-state index in [4.69, 9.17) is 5.73 Å². The predicted octanol–water partition coefficient (Wildman–Crippen LogP) is 4.09. The summed E-state index contributed by atoms with van der Waals surface area (Å²) in [5, 5.41) is 2.99. The summed E-state index contributed by atoms with van der Waals surface area (Å²) in [5.41, 5.74) is 9.49. The molecule has 9 nitrogen and oxygen atoms in total. The van der Waals surface area contributed by atoms with Crippen LogP contribution < -0.4 is 16.0 Å². The number of hydrogen-bond acceptors (Lipinski definition) is 8. The largest absolute Gasteiger partial charge is 0.395 e. The van der Waals surface area contributed by atoms with E-state index in [9.17, 15) is 14.4 Å². The second-order valence-electron chi connectivity index (χ2n) is 9.22. The maximum absolute atomic E-state index is 14.1. The fourth-order valence-electron chi connectivity index (χ4n) is 4.11. The van der Waals surface area contributed by atoms with Crippen LogP contribution in [0.3, 0.4) is 0 Å². The second kappa shape index (κ2) is 12.3. The number of Topliss-reactive ketones (excluding diaryl/α,β-unsaturated/α-hetero) is 1. The van der Waals surface area contributed by atoms with Crippen LogP contribution in [0.1, 0.15) is 49.8 Å². The third-order valence-electron chi connectivity index (χ3n) is 6.19. The zero-order valence-electron chi connectivity index (χ0n) is 22.0. The van der Waals surface area contributed by atoms with Gasteiger partial charge in [-0.25, -0.2) is 0 Å². The summed E-state index contributed by atoms with van der Waals surface area (Å²) in [7, 11) is 3.85. The van der Waals surface area contributed by atoms with Crippen LogP contribution in [0.15, 0.2) is 79.1 Å². The van der Waals surface area contributed by atoms with Gasteiger partial charge < -0.3 is 20.9 Å². The summed E-state index contributed by atoms with van der Waals surface area (Å²) in [4.78, 5) is 47.6. The number of benzene rings is 2. The monoisotopic (exact) mass is 542 g/mol.